The SMILES string of the molecule is Cc1cnc(CNCC(O)C(F)(F)F)c(C)c1[N+](=O)[O-]. The predicted molar refractivity (Wildman–Crippen MR) is 64.1 cm³/mol. The topological polar surface area (TPSA) is 88.3 Å². The minimum Gasteiger partial charge on any atom is -0.382 e. The molecule has 9 heteroatoms. The Labute approximate surface area is 112 Å². The molecule has 0 aliphatic carbocycles. The number of hydrogen-bond acceptors (Lipinski definition) is 5. The van der Waals surface area contributed by atoms with Crippen LogP contribution in [0.1, 0.15) is 16.8 Å². The van der Waals surface area contributed by atoms with E-state index < -0.39 is 23.7 Å². The lowest BCUT2D eigenvalue weighted by Crippen LogP contribution is -2.38. The molecule has 6 nitrogen and oxygen atoms in total. The standard InChI is InChI=1S/C11H14F3N3O3/c1-6-3-16-8(7(2)10(6)17(19)20)4-15-5-9(18)11(12,13)14/h3,9,15,18H,4-5H2,1-2H3. The van der Waals surface area contributed by atoms with Crippen molar-refractivity contribution in [3.8, 4) is 0 Å². The molecule has 112 valence electrons. The van der Waals surface area contributed by atoms with Gasteiger partial charge in [-0.25, -0.2) is 0 Å². The number of aryl methyl sites for hydroxylation is 1. The lowest BCUT2D eigenvalue weighted by atomic mass is 10.1. The van der Waals surface area contributed by atoms with E-state index in [1.54, 1.807) is 0 Å². The maximum absolute atomic E-state index is 12.1. The van der Waals surface area contributed by atoms with Gasteiger partial charge in [0, 0.05) is 30.4 Å². The lowest BCUT2D eigenvalue weighted by molar-refractivity contribution is -0.386. The molecule has 0 amide bonds. The molecule has 20 heavy (non-hydrogen) atoms. The molecule has 1 rings (SSSR count). The predicted octanol–water partition coefficient (Wildman–Crippen LogP) is 1.62. The molecule has 0 bridgehead atoms. The first-order chi connectivity index (χ1) is 9.14. The highest BCUT2D eigenvalue weighted by Gasteiger charge is 2.37. The zero-order valence-electron chi connectivity index (χ0n) is 10.9. The summed E-state index contributed by atoms with van der Waals surface area (Å²) >= 11 is 0. The molecule has 0 saturated carbocycles. The fourth-order valence-electron chi connectivity index (χ4n) is 1.67. The van der Waals surface area contributed by atoms with Gasteiger partial charge in [0.1, 0.15) is 0 Å². The summed E-state index contributed by atoms with van der Waals surface area (Å²) in [6.07, 6.45) is -5.89. The van der Waals surface area contributed by atoms with Crippen molar-refractivity contribution < 1.29 is 23.2 Å². The molecule has 1 aromatic rings. The first-order valence-corrected chi connectivity index (χ1v) is 5.69. The van der Waals surface area contributed by atoms with Gasteiger partial charge in [0.2, 0.25) is 0 Å². The van der Waals surface area contributed by atoms with Crippen LogP contribution in [0.2, 0.25) is 0 Å². The summed E-state index contributed by atoms with van der Waals surface area (Å²) in [7, 11) is 0. The first kappa shape index (κ1) is 16.3. The number of nitrogens with one attached hydrogen (secondary N) is 1. The van der Waals surface area contributed by atoms with Crippen LogP contribution < -0.4 is 5.32 Å². The fraction of sp³-hybridized carbons (Fsp3) is 0.545. The molecule has 0 radical (unpaired) electrons. The van der Waals surface area contributed by atoms with Gasteiger partial charge in [0.25, 0.3) is 5.69 Å². The van der Waals surface area contributed by atoms with Gasteiger partial charge < -0.3 is 10.4 Å². The van der Waals surface area contributed by atoms with Crippen molar-refractivity contribution in [2.75, 3.05) is 6.54 Å². The largest absolute Gasteiger partial charge is 0.415 e. The lowest BCUT2D eigenvalue weighted by Gasteiger charge is -2.15. The van der Waals surface area contributed by atoms with Gasteiger partial charge in [0.15, 0.2) is 6.10 Å². The van der Waals surface area contributed by atoms with Crippen LogP contribution in [0.3, 0.4) is 0 Å². The molecule has 0 spiro atoms. The molecule has 1 aromatic heterocycles. The zero-order chi connectivity index (χ0) is 15.5. The molecule has 0 saturated heterocycles. The summed E-state index contributed by atoms with van der Waals surface area (Å²) in [4.78, 5) is 14.3. The third-order valence-electron chi connectivity index (χ3n) is 2.77. The molecular weight excluding hydrogens is 279 g/mol. The van der Waals surface area contributed by atoms with Gasteiger partial charge in [-0.1, -0.05) is 0 Å². The average molecular weight is 293 g/mol. The summed E-state index contributed by atoms with van der Waals surface area (Å²) in [6, 6.07) is 0. The van der Waals surface area contributed by atoms with E-state index in [2.05, 4.69) is 10.3 Å². The Hall–Kier alpha value is -1.74. The van der Waals surface area contributed by atoms with Gasteiger partial charge in [-0.15, -0.1) is 0 Å². The number of hydrogen-bond donors (Lipinski definition) is 2. The van der Waals surface area contributed by atoms with Crippen LogP contribution in [0.25, 0.3) is 0 Å². The fourth-order valence-corrected chi connectivity index (χ4v) is 1.67. The number of alkyl halides is 3. The van der Waals surface area contributed by atoms with Crippen molar-refractivity contribution in [1.82, 2.24) is 10.3 Å². The number of nitro groups is 1. The maximum atomic E-state index is 12.1. The summed E-state index contributed by atoms with van der Waals surface area (Å²) in [6.45, 7) is 2.21. The first-order valence-electron chi connectivity index (χ1n) is 5.69. The quantitative estimate of drug-likeness (QED) is 0.636. The van der Waals surface area contributed by atoms with Crippen molar-refractivity contribution in [3.63, 3.8) is 0 Å². The summed E-state index contributed by atoms with van der Waals surface area (Å²) in [5.74, 6) is 0. The third-order valence-corrected chi connectivity index (χ3v) is 2.77. The van der Waals surface area contributed by atoms with Crippen molar-refractivity contribution in [2.45, 2.75) is 32.7 Å². The van der Waals surface area contributed by atoms with E-state index in [-0.39, 0.29) is 17.9 Å². The monoisotopic (exact) mass is 293 g/mol. The second-order valence-electron chi connectivity index (χ2n) is 4.31. The van der Waals surface area contributed by atoms with E-state index in [1.807, 2.05) is 0 Å². The van der Waals surface area contributed by atoms with Gasteiger partial charge in [0.05, 0.1) is 10.6 Å². The number of aromatic nitrogens is 1. The van der Waals surface area contributed by atoms with Crippen LogP contribution in [-0.2, 0) is 6.54 Å². The van der Waals surface area contributed by atoms with E-state index in [1.165, 1.54) is 20.0 Å². The Bertz CT molecular complexity index is 506. The summed E-state index contributed by atoms with van der Waals surface area (Å²) < 4.78 is 36.2. The molecular formula is C11H14F3N3O3. The zero-order valence-corrected chi connectivity index (χ0v) is 10.9. The number of pyridine rings is 1. The van der Waals surface area contributed by atoms with Crippen molar-refractivity contribution >= 4 is 5.69 Å². The average Bonchev–Trinajstić information content (AvgIpc) is 2.30. The highest BCUT2D eigenvalue weighted by molar-refractivity contribution is 5.47. The Kier molecular flexibility index (Phi) is 5.01. The number of aliphatic hydroxyl groups is 1. The van der Waals surface area contributed by atoms with Gasteiger partial charge in [-0.05, 0) is 13.8 Å². The minimum absolute atomic E-state index is 0.0971. The number of halogens is 3. The van der Waals surface area contributed by atoms with Crippen LogP contribution in [0, 0.1) is 24.0 Å². The van der Waals surface area contributed by atoms with Crippen molar-refractivity contribution in [2.24, 2.45) is 0 Å². The number of aliphatic hydroxyl groups excluding tert-OH is 1. The number of rotatable bonds is 5. The summed E-state index contributed by atoms with van der Waals surface area (Å²) in [5.41, 5.74) is 0.848. The molecule has 1 unspecified atom stereocenters. The maximum Gasteiger partial charge on any atom is 0.415 e. The number of nitrogens with zero attached hydrogens (tertiary/aromatic N) is 2. The second kappa shape index (κ2) is 6.14. The Morgan fingerprint density at radius 2 is 2.10 bits per heavy atom. The second-order valence-corrected chi connectivity index (χ2v) is 4.31. The highest BCUT2D eigenvalue weighted by Crippen LogP contribution is 2.24. The van der Waals surface area contributed by atoms with Crippen molar-refractivity contribution in [3.05, 3.63) is 33.1 Å². The molecule has 0 aliphatic rings. The van der Waals surface area contributed by atoms with E-state index >= 15 is 0 Å². The Morgan fingerprint density at radius 1 is 1.50 bits per heavy atom. The van der Waals surface area contributed by atoms with Crippen molar-refractivity contribution in [1.29, 1.82) is 0 Å². The molecule has 0 aromatic carbocycles. The van der Waals surface area contributed by atoms with Gasteiger partial charge in [-0.2, -0.15) is 13.2 Å². The third kappa shape index (κ3) is 3.87. The Balaban J connectivity index is 2.75. The highest BCUT2D eigenvalue weighted by atomic mass is 19.4. The smallest absolute Gasteiger partial charge is 0.382 e. The molecule has 0 aliphatic heterocycles. The van der Waals surface area contributed by atoms with E-state index in [4.69, 9.17) is 5.11 Å². The van der Waals surface area contributed by atoms with E-state index in [9.17, 15) is 23.3 Å². The van der Waals surface area contributed by atoms with Gasteiger partial charge in [-0.3, -0.25) is 15.1 Å². The van der Waals surface area contributed by atoms with E-state index in [0.717, 1.165) is 0 Å². The normalized spacial score (nSPS) is 13.3. The molecule has 0 fully saturated rings. The van der Waals surface area contributed by atoms with Crippen LogP contribution in [-0.4, -0.2) is 33.8 Å². The van der Waals surface area contributed by atoms with E-state index in [0.29, 0.717) is 11.1 Å². The summed E-state index contributed by atoms with van der Waals surface area (Å²) in [5, 5.41) is 22.1. The molecule has 2 N–H and O–H groups in total. The van der Waals surface area contributed by atoms with Crippen LogP contribution >= 0.6 is 0 Å². The van der Waals surface area contributed by atoms with Crippen LogP contribution in [0.5, 0.6) is 0 Å². The van der Waals surface area contributed by atoms with Gasteiger partial charge >= 0.3 is 6.18 Å². The minimum atomic E-state index is -4.70. The Morgan fingerprint density at radius 3 is 2.60 bits per heavy atom. The molecule has 1 atom stereocenters. The van der Waals surface area contributed by atoms with Crippen LogP contribution in [0.4, 0.5) is 18.9 Å². The molecule has 1 heterocycles. The van der Waals surface area contributed by atoms with Crippen LogP contribution in [0.15, 0.2) is 6.20 Å².